The summed E-state index contributed by atoms with van der Waals surface area (Å²) in [4.78, 5) is 16.7. The Morgan fingerprint density at radius 2 is 1.86 bits per heavy atom. The fraction of sp³-hybridized carbons (Fsp3) is 0.217. The largest absolute Gasteiger partial charge is 0.497 e. The number of carbonyl (C=O) groups excluding carboxylic acids is 1. The van der Waals surface area contributed by atoms with E-state index in [1.54, 1.807) is 13.3 Å². The quantitative estimate of drug-likeness (QED) is 0.643. The third kappa shape index (κ3) is 5.58. The van der Waals surface area contributed by atoms with Gasteiger partial charge in [0.05, 0.1) is 25.3 Å². The van der Waals surface area contributed by atoms with Crippen molar-refractivity contribution < 1.29 is 14.3 Å². The van der Waals surface area contributed by atoms with Crippen molar-refractivity contribution in [2.45, 2.75) is 26.0 Å². The molecule has 3 rings (SSSR count). The summed E-state index contributed by atoms with van der Waals surface area (Å²) >= 11 is 0. The lowest BCUT2D eigenvalue weighted by Gasteiger charge is -2.16. The van der Waals surface area contributed by atoms with Crippen molar-refractivity contribution in [2.75, 3.05) is 7.11 Å². The number of amides is 1. The van der Waals surface area contributed by atoms with Gasteiger partial charge in [-0.05, 0) is 54.4 Å². The monoisotopic (exact) mass is 376 g/mol. The van der Waals surface area contributed by atoms with Gasteiger partial charge in [-0.15, -0.1) is 0 Å². The van der Waals surface area contributed by atoms with Crippen molar-refractivity contribution in [1.82, 2.24) is 10.3 Å². The van der Waals surface area contributed by atoms with Gasteiger partial charge in [-0.25, -0.2) is 0 Å². The van der Waals surface area contributed by atoms with Gasteiger partial charge in [0.1, 0.15) is 18.1 Å². The van der Waals surface area contributed by atoms with Gasteiger partial charge in [0.25, 0.3) is 0 Å². The minimum absolute atomic E-state index is 0.0411. The molecule has 0 spiro atoms. The normalized spacial score (nSPS) is 11.5. The predicted molar refractivity (Wildman–Crippen MR) is 108 cm³/mol. The molecule has 1 aromatic heterocycles. The molecule has 3 aromatic rings. The Balaban J connectivity index is 1.57. The molecular formula is C23H24N2O3. The molecule has 0 fully saturated rings. The lowest BCUT2D eigenvalue weighted by Crippen LogP contribution is -2.28. The van der Waals surface area contributed by atoms with Crippen LogP contribution in [0.1, 0.15) is 29.8 Å². The van der Waals surface area contributed by atoms with Crippen molar-refractivity contribution in [3.05, 3.63) is 89.7 Å². The first-order valence-corrected chi connectivity index (χ1v) is 9.19. The zero-order chi connectivity index (χ0) is 19.8. The number of pyridine rings is 1. The maximum atomic E-state index is 12.4. The second-order valence-corrected chi connectivity index (χ2v) is 6.50. The highest BCUT2D eigenvalue weighted by molar-refractivity contribution is 5.79. The highest BCUT2D eigenvalue weighted by atomic mass is 16.5. The van der Waals surface area contributed by atoms with Gasteiger partial charge in [0.2, 0.25) is 5.91 Å². The number of benzene rings is 2. The van der Waals surface area contributed by atoms with E-state index in [9.17, 15) is 4.79 Å². The summed E-state index contributed by atoms with van der Waals surface area (Å²) in [6, 6.07) is 20.9. The van der Waals surface area contributed by atoms with E-state index in [2.05, 4.69) is 10.3 Å². The summed E-state index contributed by atoms with van der Waals surface area (Å²) in [6.45, 7) is 2.36. The average molecular weight is 376 g/mol. The first-order valence-electron chi connectivity index (χ1n) is 9.19. The minimum atomic E-state index is -0.128. The molecule has 1 N–H and O–H groups in total. The Hall–Kier alpha value is -3.34. The Morgan fingerprint density at radius 3 is 2.64 bits per heavy atom. The standard InChI is InChI=1S/C23H24N2O3/c1-17(25-23(26)14-18-7-5-10-21(13-18)27-2)19-8-6-11-22(15-19)28-16-20-9-3-4-12-24-20/h3-13,15,17H,14,16H2,1-2H3,(H,25,26). The second kappa shape index (κ2) is 9.55. The van der Waals surface area contributed by atoms with Gasteiger partial charge < -0.3 is 14.8 Å². The summed E-state index contributed by atoms with van der Waals surface area (Å²) in [6.07, 6.45) is 2.05. The smallest absolute Gasteiger partial charge is 0.224 e. The Labute approximate surface area is 165 Å². The predicted octanol–water partition coefficient (Wildman–Crippen LogP) is 4.09. The SMILES string of the molecule is COc1cccc(CC(=O)NC(C)c2cccc(OCc3ccccn3)c2)c1. The number of aromatic nitrogens is 1. The molecule has 0 saturated heterocycles. The lowest BCUT2D eigenvalue weighted by atomic mass is 10.1. The molecule has 2 aromatic carbocycles. The van der Waals surface area contributed by atoms with Crippen LogP contribution in [0.3, 0.4) is 0 Å². The number of hydrogen-bond acceptors (Lipinski definition) is 4. The zero-order valence-electron chi connectivity index (χ0n) is 16.1. The van der Waals surface area contributed by atoms with Crippen LogP contribution in [-0.2, 0) is 17.8 Å². The molecule has 0 radical (unpaired) electrons. The number of nitrogens with zero attached hydrogens (tertiary/aromatic N) is 1. The number of carbonyl (C=O) groups is 1. The first kappa shape index (κ1) is 19.4. The topological polar surface area (TPSA) is 60.5 Å². The van der Waals surface area contributed by atoms with Crippen LogP contribution in [0, 0.1) is 0 Å². The lowest BCUT2D eigenvalue weighted by molar-refractivity contribution is -0.121. The van der Waals surface area contributed by atoms with Crippen LogP contribution in [0.4, 0.5) is 0 Å². The number of rotatable bonds is 8. The van der Waals surface area contributed by atoms with E-state index < -0.39 is 0 Å². The van der Waals surface area contributed by atoms with Gasteiger partial charge in [-0.3, -0.25) is 9.78 Å². The molecule has 0 saturated carbocycles. The molecule has 0 aliphatic carbocycles. The highest BCUT2D eigenvalue weighted by Gasteiger charge is 2.11. The van der Waals surface area contributed by atoms with Crippen LogP contribution < -0.4 is 14.8 Å². The fourth-order valence-electron chi connectivity index (χ4n) is 2.86. The van der Waals surface area contributed by atoms with Crippen LogP contribution in [0.5, 0.6) is 11.5 Å². The molecule has 0 aliphatic rings. The maximum Gasteiger partial charge on any atom is 0.224 e. The molecule has 5 nitrogen and oxygen atoms in total. The molecule has 28 heavy (non-hydrogen) atoms. The molecule has 0 bridgehead atoms. The summed E-state index contributed by atoms with van der Waals surface area (Å²) in [5.41, 5.74) is 2.77. The minimum Gasteiger partial charge on any atom is -0.497 e. The van der Waals surface area contributed by atoms with Gasteiger partial charge in [0.15, 0.2) is 0 Å². The molecule has 1 amide bonds. The summed E-state index contributed by atoms with van der Waals surface area (Å²) in [7, 11) is 1.62. The second-order valence-electron chi connectivity index (χ2n) is 6.50. The van der Waals surface area contributed by atoms with E-state index >= 15 is 0 Å². The average Bonchev–Trinajstić information content (AvgIpc) is 2.73. The van der Waals surface area contributed by atoms with Crippen LogP contribution >= 0.6 is 0 Å². The van der Waals surface area contributed by atoms with Crippen molar-refractivity contribution in [3.63, 3.8) is 0 Å². The van der Waals surface area contributed by atoms with Crippen molar-refractivity contribution in [1.29, 1.82) is 0 Å². The van der Waals surface area contributed by atoms with Crippen LogP contribution in [0.25, 0.3) is 0 Å². The Bertz CT molecular complexity index is 912. The molecule has 0 aliphatic heterocycles. The third-order valence-corrected chi connectivity index (χ3v) is 4.35. The molecule has 1 heterocycles. The third-order valence-electron chi connectivity index (χ3n) is 4.35. The highest BCUT2D eigenvalue weighted by Crippen LogP contribution is 2.20. The van der Waals surface area contributed by atoms with Crippen LogP contribution in [-0.4, -0.2) is 18.0 Å². The van der Waals surface area contributed by atoms with E-state index in [0.29, 0.717) is 13.0 Å². The van der Waals surface area contributed by atoms with Gasteiger partial charge in [-0.2, -0.15) is 0 Å². The van der Waals surface area contributed by atoms with Crippen LogP contribution in [0.15, 0.2) is 72.9 Å². The van der Waals surface area contributed by atoms with E-state index in [1.807, 2.05) is 73.7 Å². The van der Waals surface area contributed by atoms with E-state index in [1.165, 1.54) is 0 Å². The number of methoxy groups -OCH3 is 1. The summed E-state index contributed by atoms with van der Waals surface area (Å²) < 4.78 is 11.0. The maximum absolute atomic E-state index is 12.4. The van der Waals surface area contributed by atoms with Gasteiger partial charge >= 0.3 is 0 Å². The van der Waals surface area contributed by atoms with E-state index in [-0.39, 0.29) is 11.9 Å². The molecule has 1 atom stereocenters. The van der Waals surface area contributed by atoms with Crippen LogP contribution in [0.2, 0.25) is 0 Å². The molecule has 5 heteroatoms. The van der Waals surface area contributed by atoms with Crippen molar-refractivity contribution in [2.24, 2.45) is 0 Å². The summed E-state index contributed by atoms with van der Waals surface area (Å²) in [5, 5.41) is 3.04. The van der Waals surface area contributed by atoms with Crippen molar-refractivity contribution >= 4 is 5.91 Å². The number of hydrogen-bond donors (Lipinski definition) is 1. The van der Waals surface area contributed by atoms with Crippen molar-refractivity contribution in [3.8, 4) is 11.5 Å². The fourth-order valence-corrected chi connectivity index (χ4v) is 2.86. The van der Waals surface area contributed by atoms with E-state index in [0.717, 1.165) is 28.3 Å². The molecule has 144 valence electrons. The number of ether oxygens (including phenoxy) is 2. The molecular weight excluding hydrogens is 352 g/mol. The van der Waals surface area contributed by atoms with Gasteiger partial charge in [0, 0.05) is 6.20 Å². The van der Waals surface area contributed by atoms with Gasteiger partial charge in [-0.1, -0.05) is 30.3 Å². The number of nitrogens with one attached hydrogen (secondary N) is 1. The Kier molecular flexibility index (Phi) is 6.63. The Morgan fingerprint density at radius 1 is 1.04 bits per heavy atom. The molecule has 1 unspecified atom stereocenters. The zero-order valence-corrected chi connectivity index (χ0v) is 16.1. The first-order chi connectivity index (χ1) is 13.6. The van der Waals surface area contributed by atoms with E-state index in [4.69, 9.17) is 9.47 Å². The summed E-state index contributed by atoms with van der Waals surface area (Å²) in [5.74, 6) is 1.45.